The minimum atomic E-state index is -0.541. The van der Waals surface area contributed by atoms with Gasteiger partial charge in [0, 0.05) is 13.2 Å². The molecule has 0 radical (unpaired) electrons. The van der Waals surface area contributed by atoms with Crippen LogP contribution in [0.3, 0.4) is 0 Å². The number of nitrogens with zero attached hydrogens (tertiary/aromatic N) is 2. The van der Waals surface area contributed by atoms with Gasteiger partial charge in [-0.2, -0.15) is 0 Å². The molecule has 7 heteroatoms. The number of aliphatic hydroxyl groups excluding tert-OH is 1. The van der Waals surface area contributed by atoms with Gasteiger partial charge < -0.3 is 19.9 Å². The largest absolute Gasteiger partial charge is 0.464 e. The molecule has 2 N–H and O–H groups in total. The lowest BCUT2D eigenvalue weighted by Gasteiger charge is -2.36. The number of esters is 1. The third-order valence-corrected chi connectivity index (χ3v) is 3.17. The summed E-state index contributed by atoms with van der Waals surface area (Å²) in [7, 11) is 1.29. The number of nitrogens with one attached hydrogen (secondary N) is 1. The van der Waals surface area contributed by atoms with E-state index in [-0.39, 0.29) is 12.3 Å². The Bertz CT molecular complexity index is 446. The Kier molecular flexibility index (Phi) is 4.28. The van der Waals surface area contributed by atoms with E-state index in [9.17, 15) is 9.90 Å². The molecule has 1 aliphatic rings. The van der Waals surface area contributed by atoms with Crippen molar-refractivity contribution in [1.29, 1.82) is 0 Å². The third-order valence-electron chi connectivity index (χ3n) is 3.17. The molecule has 0 spiro atoms. The Morgan fingerprint density at radius 1 is 1.53 bits per heavy atom. The number of hydrogen-bond acceptors (Lipinski definition) is 7. The van der Waals surface area contributed by atoms with Crippen molar-refractivity contribution in [2.75, 3.05) is 32.2 Å². The number of carbonyl (C=O) groups is 1. The zero-order chi connectivity index (χ0) is 13.7. The van der Waals surface area contributed by atoms with Crippen LogP contribution in [0.1, 0.15) is 23.3 Å². The first kappa shape index (κ1) is 13.7. The van der Waals surface area contributed by atoms with E-state index in [0.29, 0.717) is 31.9 Å². The van der Waals surface area contributed by atoms with Crippen LogP contribution in [0.15, 0.2) is 12.4 Å². The molecular weight excluding hydrogens is 250 g/mol. The van der Waals surface area contributed by atoms with Gasteiger partial charge in [-0.05, 0) is 12.8 Å². The van der Waals surface area contributed by atoms with Gasteiger partial charge in [-0.25, -0.2) is 9.78 Å². The molecule has 1 aromatic rings. The fourth-order valence-corrected chi connectivity index (χ4v) is 1.99. The maximum absolute atomic E-state index is 11.4. The second kappa shape index (κ2) is 5.94. The molecular formula is C12H17N3O4. The lowest BCUT2D eigenvalue weighted by atomic mass is 9.91. The molecule has 0 unspecified atom stereocenters. The van der Waals surface area contributed by atoms with Crippen LogP contribution in [-0.2, 0) is 9.47 Å². The molecule has 7 nitrogen and oxygen atoms in total. The van der Waals surface area contributed by atoms with Crippen LogP contribution in [0.25, 0.3) is 0 Å². The summed E-state index contributed by atoms with van der Waals surface area (Å²) in [5.41, 5.74) is -0.338. The molecule has 0 aromatic carbocycles. The van der Waals surface area contributed by atoms with Crippen molar-refractivity contribution in [1.82, 2.24) is 9.97 Å². The molecule has 104 valence electrons. The van der Waals surface area contributed by atoms with Crippen molar-refractivity contribution in [2.24, 2.45) is 0 Å². The minimum absolute atomic E-state index is 0.0273. The topological polar surface area (TPSA) is 93.6 Å². The van der Waals surface area contributed by atoms with Crippen molar-refractivity contribution in [3.8, 4) is 0 Å². The van der Waals surface area contributed by atoms with Gasteiger partial charge in [0.1, 0.15) is 5.82 Å². The fraction of sp³-hybridized carbons (Fsp3) is 0.583. The highest BCUT2D eigenvalue weighted by molar-refractivity contribution is 5.87. The number of rotatable bonds is 4. The van der Waals surface area contributed by atoms with Gasteiger partial charge in [0.05, 0.1) is 31.6 Å². The molecule has 0 atom stereocenters. The lowest BCUT2D eigenvalue weighted by molar-refractivity contribution is 0.0378. The normalized spacial score (nSPS) is 17.8. The molecule has 1 aromatic heterocycles. The zero-order valence-electron chi connectivity index (χ0n) is 10.8. The molecule has 1 saturated heterocycles. The van der Waals surface area contributed by atoms with Crippen LogP contribution in [0.2, 0.25) is 0 Å². The summed E-state index contributed by atoms with van der Waals surface area (Å²) in [6.45, 7) is 1.13. The zero-order valence-corrected chi connectivity index (χ0v) is 10.8. The highest BCUT2D eigenvalue weighted by Crippen LogP contribution is 2.24. The predicted octanol–water partition coefficient (Wildman–Crippen LogP) is 0.217. The molecule has 1 fully saturated rings. The quantitative estimate of drug-likeness (QED) is 0.753. The molecule has 1 aliphatic heterocycles. The summed E-state index contributed by atoms with van der Waals surface area (Å²) < 4.78 is 9.88. The lowest BCUT2D eigenvalue weighted by Crippen LogP contribution is -2.47. The minimum Gasteiger partial charge on any atom is -0.464 e. The van der Waals surface area contributed by atoms with Crippen molar-refractivity contribution >= 4 is 11.8 Å². The number of methoxy groups -OCH3 is 1. The van der Waals surface area contributed by atoms with Crippen LogP contribution in [0.5, 0.6) is 0 Å². The summed E-state index contributed by atoms with van der Waals surface area (Å²) in [6, 6.07) is 0. The van der Waals surface area contributed by atoms with E-state index >= 15 is 0 Å². The monoisotopic (exact) mass is 267 g/mol. The van der Waals surface area contributed by atoms with E-state index in [0.717, 1.165) is 0 Å². The van der Waals surface area contributed by atoms with E-state index in [4.69, 9.17) is 4.74 Å². The molecule has 0 aliphatic carbocycles. The molecule has 0 saturated carbocycles. The Morgan fingerprint density at radius 3 is 2.89 bits per heavy atom. The van der Waals surface area contributed by atoms with Gasteiger partial charge in [-0.15, -0.1) is 0 Å². The second-order valence-electron chi connectivity index (χ2n) is 4.46. The number of ether oxygens (including phenoxy) is 2. The first-order valence-electron chi connectivity index (χ1n) is 6.06. The van der Waals surface area contributed by atoms with Gasteiger partial charge in [-0.1, -0.05) is 0 Å². The Morgan fingerprint density at radius 2 is 2.26 bits per heavy atom. The standard InChI is InChI=1S/C12H17N3O4/c1-18-11(17)9-6-13-7-10(14-9)15-12(8-16)2-4-19-5-3-12/h6-7,16H,2-5,8H2,1H3,(H,14,15). The summed E-state index contributed by atoms with van der Waals surface area (Å²) in [5.74, 6) is -0.0972. The maximum atomic E-state index is 11.4. The Labute approximate surface area is 111 Å². The average molecular weight is 267 g/mol. The number of carbonyl (C=O) groups excluding carboxylic acids is 1. The van der Waals surface area contributed by atoms with E-state index in [1.54, 1.807) is 0 Å². The van der Waals surface area contributed by atoms with E-state index in [1.807, 2.05) is 0 Å². The molecule has 2 rings (SSSR count). The van der Waals surface area contributed by atoms with E-state index < -0.39 is 11.5 Å². The first-order chi connectivity index (χ1) is 9.19. The van der Waals surface area contributed by atoms with Crippen molar-refractivity contribution in [3.05, 3.63) is 18.1 Å². The van der Waals surface area contributed by atoms with Gasteiger partial charge in [0.25, 0.3) is 0 Å². The highest BCUT2D eigenvalue weighted by Gasteiger charge is 2.32. The second-order valence-corrected chi connectivity index (χ2v) is 4.46. The molecule has 0 amide bonds. The highest BCUT2D eigenvalue weighted by atomic mass is 16.5. The van der Waals surface area contributed by atoms with Gasteiger partial charge in [0.2, 0.25) is 0 Å². The van der Waals surface area contributed by atoms with Gasteiger partial charge >= 0.3 is 5.97 Å². The summed E-state index contributed by atoms with van der Waals surface area (Å²) in [4.78, 5) is 19.5. The van der Waals surface area contributed by atoms with Gasteiger partial charge in [-0.3, -0.25) is 4.98 Å². The number of anilines is 1. The molecule has 19 heavy (non-hydrogen) atoms. The first-order valence-corrected chi connectivity index (χ1v) is 6.06. The number of aromatic nitrogens is 2. The smallest absolute Gasteiger partial charge is 0.358 e. The van der Waals surface area contributed by atoms with Crippen LogP contribution >= 0.6 is 0 Å². The van der Waals surface area contributed by atoms with Crippen LogP contribution in [0, 0.1) is 0 Å². The third kappa shape index (κ3) is 3.18. The predicted molar refractivity (Wildman–Crippen MR) is 66.9 cm³/mol. The molecule has 2 heterocycles. The van der Waals surface area contributed by atoms with Crippen molar-refractivity contribution in [2.45, 2.75) is 18.4 Å². The van der Waals surface area contributed by atoms with Crippen LogP contribution < -0.4 is 5.32 Å². The average Bonchev–Trinajstić information content (AvgIpc) is 2.47. The Balaban J connectivity index is 2.15. The summed E-state index contributed by atoms with van der Waals surface area (Å²) >= 11 is 0. The van der Waals surface area contributed by atoms with Crippen LogP contribution in [0.4, 0.5) is 5.82 Å². The van der Waals surface area contributed by atoms with Crippen molar-refractivity contribution in [3.63, 3.8) is 0 Å². The summed E-state index contributed by atoms with van der Waals surface area (Å²) in [6.07, 6.45) is 4.20. The summed E-state index contributed by atoms with van der Waals surface area (Å²) in [5, 5.41) is 12.7. The number of aliphatic hydroxyl groups is 1. The van der Waals surface area contributed by atoms with E-state index in [2.05, 4.69) is 20.0 Å². The SMILES string of the molecule is COC(=O)c1cncc(NC2(CO)CCOCC2)n1. The van der Waals surface area contributed by atoms with E-state index in [1.165, 1.54) is 19.5 Å². The molecule has 0 bridgehead atoms. The number of hydrogen-bond donors (Lipinski definition) is 2. The maximum Gasteiger partial charge on any atom is 0.358 e. The van der Waals surface area contributed by atoms with Crippen LogP contribution in [-0.4, -0.2) is 53.5 Å². The fourth-order valence-electron chi connectivity index (χ4n) is 1.99. The Hall–Kier alpha value is -1.73. The van der Waals surface area contributed by atoms with Gasteiger partial charge in [0.15, 0.2) is 5.69 Å². The van der Waals surface area contributed by atoms with Crippen molar-refractivity contribution < 1.29 is 19.4 Å².